The largest absolute Gasteiger partial charge is 0.306 e. The van der Waals surface area contributed by atoms with Gasteiger partial charge in [0.1, 0.15) is 0 Å². The van der Waals surface area contributed by atoms with Gasteiger partial charge in [-0.25, -0.2) is 0 Å². The van der Waals surface area contributed by atoms with Gasteiger partial charge in [0.15, 0.2) is 0 Å². The molecule has 1 N–H and O–H groups in total. The van der Waals surface area contributed by atoms with Gasteiger partial charge in [-0.05, 0) is 54.4 Å². The highest BCUT2D eigenvalue weighted by atomic mass is 79.9. The third kappa shape index (κ3) is 4.11. The molecule has 0 aliphatic rings. The Hall–Kier alpha value is 0.130. The number of hydrogen-bond donors (Lipinski definition) is 1. The summed E-state index contributed by atoms with van der Waals surface area (Å²) in [5.41, 5.74) is 3.43. The van der Waals surface area contributed by atoms with E-state index in [0.29, 0.717) is 0 Å². The molecule has 0 bridgehead atoms. The standard InChI is InChI=1S/C16H15Br3ClN/c1-3-21-16(11-5-4-10(17)7-15(11)20)12-8-13(18)9(2)6-14(12)19/h4-8,16,21H,3H2,1-2H3. The summed E-state index contributed by atoms with van der Waals surface area (Å²) >= 11 is 17.2. The molecule has 1 atom stereocenters. The third-order valence-electron chi connectivity index (χ3n) is 3.27. The molecule has 0 amide bonds. The second-order valence-corrected chi connectivity index (χ2v) is 7.81. The van der Waals surface area contributed by atoms with Gasteiger partial charge >= 0.3 is 0 Å². The Kier molecular flexibility index (Phi) is 6.33. The lowest BCUT2D eigenvalue weighted by Crippen LogP contribution is -2.22. The molecule has 5 heteroatoms. The molecule has 2 aromatic carbocycles. The van der Waals surface area contributed by atoms with Crippen LogP contribution in [0.5, 0.6) is 0 Å². The molecule has 0 heterocycles. The first-order chi connectivity index (χ1) is 9.93. The van der Waals surface area contributed by atoms with Crippen molar-refractivity contribution in [3.05, 3.63) is 65.5 Å². The van der Waals surface area contributed by atoms with Crippen LogP contribution in [0.4, 0.5) is 0 Å². The minimum absolute atomic E-state index is 0.0434. The molecule has 1 unspecified atom stereocenters. The van der Waals surface area contributed by atoms with Gasteiger partial charge in [0.25, 0.3) is 0 Å². The maximum Gasteiger partial charge on any atom is 0.0602 e. The molecule has 0 saturated carbocycles. The second kappa shape index (κ2) is 7.60. The van der Waals surface area contributed by atoms with Gasteiger partial charge in [-0.2, -0.15) is 0 Å². The molecule has 0 fully saturated rings. The van der Waals surface area contributed by atoms with E-state index in [1.54, 1.807) is 0 Å². The van der Waals surface area contributed by atoms with Crippen molar-refractivity contribution in [3.63, 3.8) is 0 Å². The molecule has 0 radical (unpaired) electrons. The van der Waals surface area contributed by atoms with Crippen LogP contribution in [-0.4, -0.2) is 6.54 Å². The van der Waals surface area contributed by atoms with E-state index in [-0.39, 0.29) is 6.04 Å². The minimum Gasteiger partial charge on any atom is -0.306 e. The van der Waals surface area contributed by atoms with Gasteiger partial charge in [-0.1, -0.05) is 72.4 Å². The number of benzene rings is 2. The lowest BCUT2D eigenvalue weighted by Gasteiger charge is -2.22. The van der Waals surface area contributed by atoms with Crippen LogP contribution in [0.2, 0.25) is 5.02 Å². The average molecular weight is 496 g/mol. The fraction of sp³-hybridized carbons (Fsp3) is 0.250. The van der Waals surface area contributed by atoms with E-state index in [1.807, 2.05) is 12.1 Å². The summed E-state index contributed by atoms with van der Waals surface area (Å²) in [5.74, 6) is 0. The van der Waals surface area contributed by atoms with E-state index < -0.39 is 0 Å². The van der Waals surface area contributed by atoms with Crippen LogP contribution >= 0.6 is 59.4 Å². The van der Waals surface area contributed by atoms with Gasteiger partial charge in [0.05, 0.1) is 6.04 Å². The van der Waals surface area contributed by atoms with E-state index >= 15 is 0 Å². The first kappa shape index (κ1) is 17.5. The summed E-state index contributed by atoms with van der Waals surface area (Å²) in [6, 6.07) is 10.3. The quantitative estimate of drug-likeness (QED) is 0.501. The number of rotatable bonds is 4. The van der Waals surface area contributed by atoms with Gasteiger partial charge in [0, 0.05) is 18.4 Å². The normalized spacial score (nSPS) is 12.5. The molecule has 0 spiro atoms. The van der Waals surface area contributed by atoms with E-state index in [1.165, 1.54) is 11.1 Å². The highest BCUT2D eigenvalue weighted by molar-refractivity contribution is 9.11. The monoisotopic (exact) mass is 493 g/mol. The van der Waals surface area contributed by atoms with Gasteiger partial charge < -0.3 is 5.32 Å². The Morgan fingerprint density at radius 3 is 2.38 bits per heavy atom. The summed E-state index contributed by atoms with van der Waals surface area (Å²) in [6.07, 6.45) is 0. The fourth-order valence-electron chi connectivity index (χ4n) is 2.21. The molecule has 2 rings (SSSR count). The van der Waals surface area contributed by atoms with Crippen molar-refractivity contribution in [2.24, 2.45) is 0 Å². The van der Waals surface area contributed by atoms with Crippen LogP contribution in [0.3, 0.4) is 0 Å². The van der Waals surface area contributed by atoms with Crippen molar-refractivity contribution < 1.29 is 0 Å². The summed E-state index contributed by atoms with van der Waals surface area (Å²) in [4.78, 5) is 0. The van der Waals surface area contributed by atoms with Crippen molar-refractivity contribution in [2.45, 2.75) is 19.9 Å². The Morgan fingerprint density at radius 2 is 1.76 bits per heavy atom. The van der Waals surface area contributed by atoms with Crippen LogP contribution in [0.25, 0.3) is 0 Å². The number of halogens is 4. The lowest BCUT2D eigenvalue weighted by molar-refractivity contribution is 0.628. The smallest absolute Gasteiger partial charge is 0.0602 e. The molecule has 112 valence electrons. The molecular weight excluding hydrogens is 481 g/mol. The molecule has 21 heavy (non-hydrogen) atoms. The summed E-state index contributed by atoms with van der Waals surface area (Å²) in [6.45, 7) is 5.03. The van der Waals surface area contributed by atoms with Crippen molar-refractivity contribution in [3.8, 4) is 0 Å². The number of nitrogens with one attached hydrogen (secondary N) is 1. The molecular formula is C16H15Br3ClN. The van der Waals surface area contributed by atoms with E-state index in [2.05, 4.69) is 85.2 Å². The van der Waals surface area contributed by atoms with Crippen LogP contribution in [0, 0.1) is 6.92 Å². The summed E-state index contributed by atoms with van der Waals surface area (Å²) < 4.78 is 3.15. The predicted octanol–water partition coefficient (Wildman–Crippen LogP) is 6.63. The summed E-state index contributed by atoms with van der Waals surface area (Å²) in [5, 5.41) is 4.26. The maximum atomic E-state index is 6.44. The molecule has 2 aromatic rings. The Labute approximate surface area is 155 Å². The summed E-state index contributed by atoms with van der Waals surface area (Å²) in [7, 11) is 0. The minimum atomic E-state index is 0.0434. The lowest BCUT2D eigenvalue weighted by atomic mass is 9.97. The van der Waals surface area contributed by atoms with Crippen molar-refractivity contribution >= 4 is 59.4 Å². The van der Waals surface area contributed by atoms with Crippen molar-refractivity contribution in [2.75, 3.05) is 6.54 Å². The topological polar surface area (TPSA) is 12.0 Å². The molecule has 0 aromatic heterocycles. The van der Waals surface area contributed by atoms with E-state index in [0.717, 1.165) is 30.5 Å². The molecule has 0 aliphatic heterocycles. The maximum absolute atomic E-state index is 6.44. The van der Waals surface area contributed by atoms with Crippen LogP contribution < -0.4 is 5.32 Å². The average Bonchev–Trinajstić information content (AvgIpc) is 2.41. The zero-order valence-corrected chi connectivity index (χ0v) is 17.2. The van der Waals surface area contributed by atoms with Crippen LogP contribution in [0.15, 0.2) is 43.7 Å². The van der Waals surface area contributed by atoms with Crippen LogP contribution in [-0.2, 0) is 0 Å². The predicted molar refractivity (Wildman–Crippen MR) is 101 cm³/mol. The SMILES string of the molecule is CCNC(c1ccc(Br)cc1Cl)c1cc(Br)c(C)cc1Br. The van der Waals surface area contributed by atoms with Crippen LogP contribution in [0.1, 0.15) is 29.7 Å². The number of aryl methyl sites for hydroxylation is 1. The first-order valence-electron chi connectivity index (χ1n) is 6.58. The molecule has 0 aliphatic carbocycles. The Morgan fingerprint density at radius 1 is 1.05 bits per heavy atom. The fourth-order valence-corrected chi connectivity index (χ4v) is 4.04. The van der Waals surface area contributed by atoms with Gasteiger partial charge in [-0.15, -0.1) is 0 Å². The highest BCUT2D eigenvalue weighted by Crippen LogP contribution is 2.36. The van der Waals surface area contributed by atoms with E-state index in [4.69, 9.17) is 11.6 Å². The third-order valence-corrected chi connectivity index (χ3v) is 5.63. The second-order valence-electron chi connectivity index (χ2n) is 4.78. The van der Waals surface area contributed by atoms with E-state index in [9.17, 15) is 0 Å². The first-order valence-corrected chi connectivity index (χ1v) is 9.33. The Bertz CT molecular complexity index is 658. The van der Waals surface area contributed by atoms with Crippen molar-refractivity contribution in [1.29, 1.82) is 0 Å². The number of hydrogen-bond acceptors (Lipinski definition) is 1. The van der Waals surface area contributed by atoms with Crippen molar-refractivity contribution in [1.82, 2.24) is 5.32 Å². The Balaban J connectivity index is 2.55. The zero-order chi connectivity index (χ0) is 15.6. The highest BCUT2D eigenvalue weighted by Gasteiger charge is 2.19. The molecule has 1 nitrogen and oxygen atoms in total. The van der Waals surface area contributed by atoms with Gasteiger partial charge in [0.2, 0.25) is 0 Å². The zero-order valence-electron chi connectivity index (χ0n) is 11.7. The van der Waals surface area contributed by atoms with Gasteiger partial charge in [-0.3, -0.25) is 0 Å². The molecule has 0 saturated heterocycles.